The van der Waals surface area contributed by atoms with E-state index in [1.165, 1.54) is 22.3 Å². The highest BCUT2D eigenvalue weighted by Crippen LogP contribution is 2.33. The molecule has 0 amide bonds. The van der Waals surface area contributed by atoms with Crippen molar-refractivity contribution in [1.82, 2.24) is 14.5 Å². The first-order chi connectivity index (χ1) is 13.3. The lowest BCUT2D eigenvalue weighted by Gasteiger charge is -2.16. The number of aromatic nitrogens is 3. The molecule has 0 saturated heterocycles. The summed E-state index contributed by atoms with van der Waals surface area (Å²) in [4.78, 5) is 9.34. The molecule has 1 N–H and O–H groups in total. The predicted molar refractivity (Wildman–Crippen MR) is 108 cm³/mol. The zero-order valence-corrected chi connectivity index (χ0v) is 15.0. The van der Waals surface area contributed by atoms with Gasteiger partial charge in [-0.25, -0.2) is 9.97 Å². The Hall–Kier alpha value is -3.40. The van der Waals surface area contributed by atoms with E-state index >= 15 is 0 Å². The fourth-order valence-electron chi connectivity index (χ4n) is 3.66. The highest BCUT2D eigenvalue weighted by Gasteiger charge is 2.20. The van der Waals surface area contributed by atoms with Gasteiger partial charge in [-0.05, 0) is 41.7 Å². The monoisotopic (exact) mass is 352 g/mol. The molecule has 2 heterocycles. The minimum Gasteiger partial charge on any atom is -0.349 e. The fraction of sp³-hybridized carbons (Fsp3) is 0.130. The smallest absolute Gasteiger partial charge is 0.227 e. The first kappa shape index (κ1) is 15.8. The van der Waals surface area contributed by atoms with Gasteiger partial charge in [0, 0.05) is 36.4 Å². The SMILES string of the molecule is c1ccc(Cn2cc3c(c2)-c2nc(Nc4ccccc4)ncc2CC3)cc1. The normalized spacial score (nSPS) is 12.3. The number of nitrogens with one attached hydrogen (secondary N) is 1. The molecule has 0 bridgehead atoms. The van der Waals surface area contributed by atoms with Crippen molar-refractivity contribution in [3.8, 4) is 11.3 Å². The topological polar surface area (TPSA) is 42.7 Å². The Kier molecular flexibility index (Phi) is 3.94. The molecule has 0 aliphatic heterocycles. The Morgan fingerprint density at radius 1 is 0.852 bits per heavy atom. The number of hydrogen-bond donors (Lipinski definition) is 1. The minimum atomic E-state index is 0.642. The average Bonchev–Trinajstić information content (AvgIpc) is 3.12. The van der Waals surface area contributed by atoms with E-state index < -0.39 is 0 Å². The number of aryl methyl sites for hydroxylation is 2. The summed E-state index contributed by atoms with van der Waals surface area (Å²) in [5.74, 6) is 0.642. The summed E-state index contributed by atoms with van der Waals surface area (Å²) in [7, 11) is 0. The van der Waals surface area contributed by atoms with Gasteiger partial charge in [-0.15, -0.1) is 0 Å². The van der Waals surface area contributed by atoms with Crippen molar-refractivity contribution in [1.29, 1.82) is 0 Å². The second-order valence-corrected chi connectivity index (χ2v) is 6.91. The molecule has 4 nitrogen and oxygen atoms in total. The molecule has 0 atom stereocenters. The summed E-state index contributed by atoms with van der Waals surface area (Å²) in [5.41, 5.74) is 7.16. The van der Waals surface area contributed by atoms with E-state index in [4.69, 9.17) is 4.98 Å². The summed E-state index contributed by atoms with van der Waals surface area (Å²) in [5, 5.41) is 3.30. The number of para-hydroxylation sites is 1. The van der Waals surface area contributed by atoms with Gasteiger partial charge in [0.05, 0.1) is 5.69 Å². The first-order valence-electron chi connectivity index (χ1n) is 9.26. The van der Waals surface area contributed by atoms with Crippen LogP contribution in [0.2, 0.25) is 0 Å². The zero-order chi connectivity index (χ0) is 18.1. The summed E-state index contributed by atoms with van der Waals surface area (Å²) in [6.07, 6.45) is 8.48. The summed E-state index contributed by atoms with van der Waals surface area (Å²) in [6.45, 7) is 0.878. The van der Waals surface area contributed by atoms with Gasteiger partial charge in [-0.1, -0.05) is 48.5 Å². The number of benzene rings is 2. The van der Waals surface area contributed by atoms with Gasteiger partial charge in [0.1, 0.15) is 0 Å². The maximum atomic E-state index is 4.83. The molecular formula is C23H20N4. The van der Waals surface area contributed by atoms with Gasteiger partial charge in [0.2, 0.25) is 5.95 Å². The van der Waals surface area contributed by atoms with E-state index in [9.17, 15) is 0 Å². The number of rotatable bonds is 4. The van der Waals surface area contributed by atoms with Crippen LogP contribution in [-0.4, -0.2) is 14.5 Å². The fourth-order valence-corrected chi connectivity index (χ4v) is 3.66. The molecule has 5 rings (SSSR count). The summed E-state index contributed by atoms with van der Waals surface area (Å²) < 4.78 is 2.27. The molecule has 0 fully saturated rings. The van der Waals surface area contributed by atoms with Crippen LogP contribution in [0.15, 0.2) is 79.3 Å². The van der Waals surface area contributed by atoms with E-state index in [2.05, 4.69) is 57.6 Å². The lowest BCUT2D eigenvalue weighted by Crippen LogP contribution is -2.07. The van der Waals surface area contributed by atoms with Gasteiger partial charge in [0.25, 0.3) is 0 Å². The lowest BCUT2D eigenvalue weighted by molar-refractivity contribution is 0.801. The van der Waals surface area contributed by atoms with Crippen molar-refractivity contribution in [2.24, 2.45) is 0 Å². The third-order valence-corrected chi connectivity index (χ3v) is 4.98. The predicted octanol–water partition coefficient (Wildman–Crippen LogP) is 4.84. The zero-order valence-electron chi connectivity index (χ0n) is 15.0. The lowest BCUT2D eigenvalue weighted by atomic mass is 9.93. The molecule has 4 heteroatoms. The highest BCUT2D eigenvalue weighted by atomic mass is 15.1. The van der Waals surface area contributed by atoms with Crippen molar-refractivity contribution < 1.29 is 0 Å². The molecule has 132 valence electrons. The maximum absolute atomic E-state index is 4.83. The molecule has 0 saturated carbocycles. The maximum Gasteiger partial charge on any atom is 0.227 e. The molecule has 2 aromatic carbocycles. The van der Waals surface area contributed by atoms with Crippen LogP contribution in [0.4, 0.5) is 11.6 Å². The Balaban J connectivity index is 1.47. The number of nitrogens with zero attached hydrogens (tertiary/aromatic N) is 3. The van der Waals surface area contributed by atoms with Crippen LogP contribution in [0.5, 0.6) is 0 Å². The van der Waals surface area contributed by atoms with Gasteiger partial charge in [-0.2, -0.15) is 0 Å². The van der Waals surface area contributed by atoms with Crippen molar-refractivity contribution >= 4 is 11.6 Å². The highest BCUT2D eigenvalue weighted by molar-refractivity contribution is 5.70. The van der Waals surface area contributed by atoms with Crippen molar-refractivity contribution in [3.05, 3.63) is 95.9 Å². The van der Waals surface area contributed by atoms with Crippen molar-refractivity contribution in [3.63, 3.8) is 0 Å². The standard InChI is InChI=1S/C23H20N4/c1-3-7-17(8-4-1)14-27-15-19-12-11-18-13-24-23(26-22(18)21(19)16-27)25-20-9-5-2-6-10-20/h1-10,13,15-16H,11-12,14H2,(H,24,25,26). The molecule has 4 aromatic rings. The first-order valence-corrected chi connectivity index (χ1v) is 9.26. The number of anilines is 2. The molecule has 0 radical (unpaired) electrons. The van der Waals surface area contributed by atoms with Crippen LogP contribution < -0.4 is 5.32 Å². The second kappa shape index (κ2) is 6.72. The molecule has 0 spiro atoms. The minimum absolute atomic E-state index is 0.642. The van der Waals surface area contributed by atoms with Crippen LogP contribution in [0.25, 0.3) is 11.3 Å². The van der Waals surface area contributed by atoms with Gasteiger partial charge < -0.3 is 9.88 Å². The van der Waals surface area contributed by atoms with Gasteiger partial charge in [0.15, 0.2) is 0 Å². The van der Waals surface area contributed by atoms with Gasteiger partial charge >= 0.3 is 0 Å². The average molecular weight is 352 g/mol. The molecule has 2 aromatic heterocycles. The second-order valence-electron chi connectivity index (χ2n) is 6.91. The Labute approximate surface area is 158 Å². The van der Waals surface area contributed by atoms with E-state index in [0.717, 1.165) is 30.8 Å². The van der Waals surface area contributed by atoms with Crippen LogP contribution >= 0.6 is 0 Å². The molecular weight excluding hydrogens is 332 g/mol. The van der Waals surface area contributed by atoms with Crippen LogP contribution in [-0.2, 0) is 19.4 Å². The number of hydrogen-bond acceptors (Lipinski definition) is 3. The van der Waals surface area contributed by atoms with Crippen molar-refractivity contribution in [2.45, 2.75) is 19.4 Å². The Bertz CT molecular complexity index is 1070. The van der Waals surface area contributed by atoms with Crippen LogP contribution in [0.3, 0.4) is 0 Å². The summed E-state index contributed by atoms with van der Waals surface area (Å²) >= 11 is 0. The van der Waals surface area contributed by atoms with Crippen molar-refractivity contribution in [2.75, 3.05) is 5.32 Å². The quantitative estimate of drug-likeness (QED) is 0.572. The van der Waals surface area contributed by atoms with E-state index in [1.807, 2.05) is 36.5 Å². The van der Waals surface area contributed by atoms with E-state index in [1.54, 1.807) is 0 Å². The molecule has 0 unspecified atom stereocenters. The van der Waals surface area contributed by atoms with Crippen LogP contribution in [0, 0.1) is 0 Å². The Morgan fingerprint density at radius 3 is 2.41 bits per heavy atom. The van der Waals surface area contributed by atoms with E-state index in [0.29, 0.717) is 5.95 Å². The van der Waals surface area contributed by atoms with Gasteiger partial charge in [-0.3, -0.25) is 0 Å². The molecule has 1 aliphatic carbocycles. The third kappa shape index (κ3) is 3.22. The van der Waals surface area contributed by atoms with Crippen LogP contribution in [0.1, 0.15) is 16.7 Å². The Morgan fingerprint density at radius 2 is 1.59 bits per heavy atom. The molecule has 27 heavy (non-hydrogen) atoms. The number of fused-ring (bicyclic) bond motifs is 3. The largest absolute Gasteiger partial charge is 0.349 e. The summed E-state index contributed by atoms with van der Waals surface area (Å²) in [6, 6.07) is 20.6. The third-order valence-electron chi connectivity index (χ3n) is 4.98. The molecule has 1 aliphatic rings. The van der Waals surface area contributed by atoms with E-state index in [-0.39, 0.29) is 0 Å².